The van der Waals surface area contributed by atoms with Crippen LogP contribution in [0, 0.1) is 6.92 Å². The number of aliphatic hydroxyl groups excluding tert-OH is 1. The maximum absolute atomic E-state index is 11.5. The lowest BCUT2D eigenvalue weighted by atomic mass is 10.1. The second-order valence-corrected chi connectivity index (χ2v) is 4.03. The van der Waals surface area contributed by atoms with Gasteiger partial charge in [-0.1, -0.05) is 0 Å². The Hall–Kier alpha value is -2.15. The van der Waals surface area contributed by atoms with E-state index in [1.54, 1.807) is 12.4 Å². The number of nitrogens with zero attached hydrogens (tertiary/aromatic N) is 1. The van der Waals surface area contributed by atoms with Crippen molar-refractivity contribution in [3.05, 3.63) is 29.6 Å². The molecule has 104 valence electrons. The monoisotopic (exact) mass is 267 g/mol. The van der Waals surface area contributed by atoms with Crippen LogP contribution in [-0.4, -0.2) is 39.8 Å². The van der Waals surface area contributed by atoms with Gasteiger partial charge in [0.15, 0.2) is 0 Å². The number of hydrogen-bond acceptors (Lipinski definition) is 4. The summed E-state index contributed by atoms with van der Waals surface area (Å²) in [6.45, 7) is 1.85. The molecular formula is C12H17N3O4. The summed E-state index contributed by atoms with van der Waals surface area (Å²) < 4.78 is 0. The van der Waals surface area contributed by atoms with Crippen molar-refractivity contribution in [1.29, 1.82) is 0 Å². The summed E-state index contributed by atoms with van der Waals surface area (Å²) >= 11 is 0. The van der Waals surface area contributed by atoms with E-state index in [9.17, 15) is 9.59 Å². The number of pyridine rings is 1. The van der Waals surface area contributed by atoms with Crippen molar-refractivity contribution in [2.45, 2.75) is 25.9 Å². The van der Waals surface area contributed by atoms with Crippen LogP contribution in [0.3, 0.4) is 0 Å². The van der Waals surface area contributed by atoms with Gasteiger partial charge in [-0.3, -0.25) is 4.98 Å². The van der Waals surface area contributed by atoms with E-state index < -0.39 is 18.0 Å². The number of carboxylic acids is 1. The lowest BCUT2D eigenvalue weighted by Gasteiger charge is -2.14. The molecule has 0 bridgehead atoms. The third-order valence-electron chi connectivity index (χ3n) is 2.61. The fraction of sp³-hybridized carbons (Fsp3) is 0.417. The number of aliphatic hydroxyl groups is 1. The average Bonchev–Trinajstić information content (AvgIpc) is 2.37. The van der Waals surface area contributed by atoms with Gasteiger partial charge in [0.1, 0.15) is 6.04 Å². The van der Waals surface area contributed by atoms with Gasteiger partial charge < -0.3 is 20.8 Å². The van der Waals surface area contributed by atoms with Gasteiger partial charge in [-0.25, -0.2) is 9.59 Å². The molecule has 19 heavy (non-hydrogen) atoms. The zero-order chi connectivity index (χ0) is 14.3. The minimum Gasteiger partial charge on any atom is -0.480 e. The van der Waals surface area contributed by atoms with E-state index in [2.05, 4.69) is 15.6 Å². The lowest BCUT2D eigenvalue weighted by Crippen LogP contribution is -2.46. The molecule has 0 unspecified atom stereocenters. The smallest absolute Gasteiger partial charge is 0.326 e. The van der Waals surface area contributed by atoms with Gasteiger partial charge >= 0.3 is 12.0 Å². The Bertz CT molecular complexity index is 450. The second kappa shape index (κ2) is 7.32. The molecular weight excluding hydrogens is 250 g/mol. The number of aromatic nitrogens is 1. The first-order chi connectivity index (χ1) is 9.04. The van der Waals surface area contributed by atoms with Crippen LogP contribution >= 0.6 is 0 Å². The highest BCUT2D eigenvalue weighted by atomic mass is 16.4. The third-order valence-corrected chi connectivity index (χ3v) is 2.61. The highest BCUT2D eigenvalue weighted by molar-refractivity contribution is 5.82. The van der Waals surface area contributed by atoms with Gasteiger partial charge in [0.25, 0.3) is 0 Å². The Kier molecular flexibility index (Phi) is 5.74. The van der Waals surface area contributed by atoms with Crippen molar-refractivity contribution in [3.8, 4) is 0 Å². The summed E-state index contributed by atoms with van der Waals surface area (Å²) in [7, 11) is 0. The van der Waals surface area contributed by atoms with E-state index >= 15 is 0 Å². The average molecular weight is 267 g/mol. The number of amides is 2. The molecule has 0 saturated heterocycles. The van der Waals surface area contributed by atoms with Crippen molar-refractivity contribution < 1.29 is 19.8 Å². The largest absolute Gasteiger partial charge is 0.480 e. The van der Waals surface area contributed by atoms with Crippen LogP contribution in [0.5, 0.6) is 0 Å². The molecule has 1 rings (SSSR count). The molecule has 0 aliphatic rings. The summed E-state index contributed by atoms with van der Waals surface area (Å²) in [6.07, 6.45) is 3.26. The minimum absolute atomic E-state index is 0.0331. The van der Waals surface area contributed by atoms with Gasteiger partial charge in [-0.2, -0.15) is 0 Å². The summed E-state index contributed by atoms with van der Waals surface area (Å²) in [5, 5.41) is 22.3. The fourth-order valence-electron chi connectivity index (χ4n) is 1.45. The number of carbonyl (C=O) groups excluding carboxylic acids is 1. The molecule has 4 N–H and O–H groups in total. The Morgan fingerprint density at radius 2 is 2.21 bits per heavy atom. The van der Waals surface area contributed by atoms with Crippen LogP contribution in [-0.2, 0) is 11.3 Å². The van der Waals surface area contributed by atoms with E-state index in [4.69, 9.17) is 10.2 Å². The lowest BCUT2D eigenvalue weighted by molar-refractivity contribution is -0.139. The number of urea groups is 1. The molecule has 0 aliphatic heterocycles. The van der Waals surface area contributed by atoms with E-state index in [0.717, 1.165) is 11.1 Å². The van der Waals surface area contributed by atoms with Crippen molar-refractivity contribution in [3.63, 3.8) is 0 Å². The summed E-state index contributed by atoms with van der Waals surface area (Å²) in [6, 6.07) is 0.130. The standard InChI is InChI=1S/C12H17N3O4/c1-8-2-4-13-6-9(8)7-14-12(19)15-10(3-5-16)11(17)18/h2,4,6,10,16H,3,5,7H2,1H3,(H,17,18)(H2,14,15,19)/t10-/m1/s1. The molecule has 0 radical (unpaired) electrons. The van der Waals surface area contributed by atoms with Crippen LogP contribution in [0.15, 0.2) is 18.5 Å². The Morgan fingerprint density at radius 3 is 2.79 bits per heavy atom. The van der Waals surface area contributed by atoms with Crippen LogP contribution in [0.4, 0.5) is 4.79 Å². The topological polar surface area (TPSA) is 112 Å². The molecule has 7 nitrogen and oxygen atoms in total. The zero-order valence-corrected chi connectivity index (χ0v) is 10.6. The first-order valence-corrected chi connectivity index (χ1v) is 5.82. The van der Waals surface area contributed by atoms with Gasteiger partial charge in [0.2, 0.25) is 0 Å². The van der Waals surface area contributed by atoms with Crippen molar-refractivity contribution in [2.75, 3.05) is 6.61 Å². The predicted octanol–water partition coefficient (Wildman–Crippen LogP) is 0.0248. The van der Waals surface area contributed by atoms with E-state index in [1.165, 1.54) is 0 Å². The molecule has 0 aromatic carbocycles. The SMILES string of the molecule is Cc1ccncc1CNC(=O)N[C@H](CCO)C(=O)O. The number of nitrogens with one attached hydrogen (secondary N) is 2. The van der Waals surface area contributed by atoms with Crippen LogP contribution in [0.1, 0.15) is 17.5 Å². The van der Waals surface area contributed by atoms with Crippen LogP contribution in [0.2, 0.25) is 0 Å². The molecule has 0 spiro atoms. The number of carboxylic acid groups (broad SMARTS) is 1. The van der Waals surface area contributed by atoms with Crippen LogP contribution in [0.25, 0.3) is 0 Å². The molecule has 0 aliphatic carbocycles. The van der Waals surface area contributed by atoms with Crippen molar-refractivity contribution >= 4 is 12.0 Å². The third kappa shape index (κ3) is 4.92. The van der Waals surface area contributed by atoms with Crippen molar-refractivity contribution in [2.24, 2.45) is 0 Å². The summed E-state index contributed by atoms with van der Waals surface area (Å²) in [4.78, 5) is 26.3. The first kappa shape index (κ1) is 14.9. The molecule has 1 heterocycles. The fourth-order valence-corrected chi connectivity index (χ4v) is 1.45. The highest BCUT2D eigenvalue weighted by Gasteiger charge is 2.18. The Labute approximate surface area is 110 Å². The maximum atomic E-state index is 11.5. The second-order valence-electron chi connectivity index (χ2n) is 4.03. The molecule has 0 saturated carbocycles. The van der Waals surface area contributed by atoms with E-state index in [-0.39, 0.29) is 19.6 Å². The predicted molar refractivity (Wildman–Crippen MR) is 67.5 cm³/mol. The van der Waals surface area contributed by atoms with Gasteiger partial charge in [-0.05, 0) is 24.1 Å². The number of carbonyl (C=O) groups is 2. The number of aryl methyl sites for hydroxylation is 1. The number of hydrogen-bond donors (Lipinski definition) is 4. The zero-order valence-electron chi connectivity index (χ0n) is 10.6. The van der Waals surface area contributed by atoms with Crippen LogP contribution < -0.4 is 10.6 Å². The molecule has 1 aromatic heterocycles. The van der Waals surface area contributed by atoms with Gasteiger partial charge in [-0.15, -0.1) is 0 Å². The number of rotatable bonds is 6. The summed E-state index contributed by atoms with van der Waals surface area (Å²) in [5.74, 6) is -1.18. The molecule has 2 amide bonds. The quantitative estimate of drug-likeness (QED) is 0.581. The minimum atomic E-state index is -1.18. The Morgan fingerprint density at radius 1 is 1.47 bits per heavy atom. The van der Waals surface area contributed by atoms with E-state index in [0.29, 0.717) is 0 Å². The first-order valence-electron chi connectivity index (χ1n) is 5.82. The Balaban J connectivity index is 2.47. The highest BCUT2D eigenvalue weighted by Crippen LogP contribution is 2.03. The maximum Gasteiger partial charge on any atom is 0.326 e. The molecule has 1 aromatic rings. The molecule has 1 atom stereocenters. The molecule has 0 fully saturated rings. The normalized spacial score (nSPS) is 11.7. The van der Waals surface area contributed by atoms with Crippen molar-refractivity contribution in [1.82, 2.24) is 15.6 Å². The van der Waals surface area contributed by atoms with Gasteiger partial charge in [0.05, 0.1) is 0 Å². The molecule has 7 heteroatoms. The van der Waals surface area contributed by atoms with E-state index in [1.807, 2.05) is 13.0 Å². The summed E-state index contributed by atoms with van der Waals surface area (Å²) in [5.41, 5.74) is 1.84. The van der Waals surface area contributed by atoms with Gasteiger partial charge in [0, 0.05) is 32.0 Å². The number of aliphatic carboxylic acids is 1.